The molecule has 15 heteroatoms. The second-order valence-corrected chi connectivity index (χ2v) is 18.3. The van der Waals surface area contributed by atoms with Gasteiger partial charge in [0.15, 0.2) is 0 Å². The van der Waals surface area contributed by atoms with Gasteiger partial charge in [-0.25, -0.2) is 4.79 Å². The first-order valence-electron chi connectivity index (χ1n) is 19.7. The fraction of sp³-hybridized carbons (Fsp3) is 0.795. The molecule has 14 nitrogen and oxygen atoms in total. The van der Waals surface area contributed by atoms with Crippen molar-refractivity contribution in [2.75, 3.05) is 18.9 Å². The number of nitrogens with zero attached hydrogens (tertiary/aromatic N) is 4. The average molecular weight is 768 g/mol. The highest BCUT2D eigenvalue weighted by atomic mass is 32.2. The van der Waals surface area contributed by atoms with Crippen molar-refractivity contribution in [2.24, 2.45) is 51.5 Å². The van der Waals surface area contributed by atoms with Crippen LogP contribution in [0.25, 0.3) is 10.4 Å². The number of hydrogen-bond donors (Lipinski definition) is 5. The van der Waals surface area contributed by atoms with E-state index in [1.165, 1.54) is 23.1 Å². The van der Waals surface area contributed by atoms with E-state index in [-0.39, 0.29) is 60.4 Å². The van der Waals surface area contributed by atoms with E-state index in [2.05, 4.69) is 52.7 Å². The number of hydrogen-bond acceptors (Lipinski definition) is 9. The third-order valence-electron chi connectivity index (χ3n) is 14.4. The summed E-state index contributed by atoms with van der Waals surface area (Å²) in [6, 6.07) is -0.778. The van der Waals surface area contributed by atoms with Crippen molar-refractivity contribution in [3.05, 3.63) is 21.7 Å². The van der Waals surface area contributed by atoms with Crippen LogP contribution in [0.5, 0.6) is 0 Å². The molecule has 0 bridgehead atoms. The van der Waals surface area contributed by atoms with Crippen LogP contribution < -0.4 is 16.0 Å². The van der Waals surface area contributed by atoms with Gasteiger partial charge in [-0.3, -0.25) is 19.3 Å². The van der Waals surface area contributed by atoms with Crippen LogP contribution >= 0.6 is 11.8 Å². The van der Waals surface area contributed by atoms with E-state index in [0.29, 0.717) is 47.3 Å². The molecule has 0 aromatic carbocycles. The first-order chi connectivity index (χ1) is 25.7. The maximum absolute atomic E-state index is 13.5. The molecule has 0 aromatic heterocycles. The minimum Gasteiger partial charge on any atom is -0.449 e. The van der Waals surface area contributed by atoms with Crippen LogP contribution in [-0.4, -0.2) is 87.6 Å². The first kappa shape index (κ1) is 40.2. The second kappa shape index (κ2) is 16.3. The Morgan fingerprint density at radius 3 is 2.67 bits per heavy atom. The minimum atomic E-state index is -1.10. The maximum Gasteiger partial charge on any atom is 0.408 e. The van der Waals surface area contributed by atoms with Gasteiger partial charge in [-0.05, 0) is 122 Å². The summed E-state index contributed by atoms with van der Waals surface area (Å²) in [4.78, 5) is 56.6. The van der Waals surface area contributed by atoms with Gasteiger partial charge >= 0.3 is 6.09 Å². The molecule has 4 saturated carbocycles. The maximum atomic E-state index is 13.5. The predicted octanol–water partition coefficient (Wildman–Crippen LogP) is 4.57. The van der Waals surface area contributed by atoms with Gasteiger partial charge in [0.2, 0.25) is 5.91 Å². The highest BCUT2D eigenvalue weighted by Gasteiger charge is 2.64. The Balaban J connectivity index is 1.02. The van der Waals surface area contributed by atoms with Crippen molar-refractivity contribution in [1.29, 1.82) is 0 Å². The number of ether oxygens (including phenoxy) is 1. The molecule has 5 fully saturated rings. The van der Waals surface area contributed by atoms with Gasteiger partial charge < -0.3 is 30.9 Å². The number of aliphatic hydroxyl groups is 2. The van der Waals surface area contributed by atoms with Crippen LogP contribution in [0, 0.1) is 58.7 Å². The number of amides is 4. The molecule has 2 heterocycles. The van der Waals surface area contributed by atoms with E-state index in [0.717, 1.165) is 44.9 Å². The van der Waals surface area contributed by atoms with Crippen molar-refractivity contribution >= 4 is 35.6 Å². The lowest BCUT2D eigenvalue weighted by Crippen LogP contribution is -2.71. The number of fused-ring (bicyclic) bond motifs is 6. The number of nitrogens with one attached hydrogen (secondary N) is 3. The molecule has 54 heavy (non-hydrogen) atoms. The number of β-lactam (4-membered cyclic amide) rings is 1. The largest absolute Gasteiger partial charge is 0.449 e. The number of terminal acetylenes is 1. The molecule has 4 unspecified atom stereocenters. The van der Waals surface area contributed by atoms with Crippen LogP contribution in [0.15, 0.2) is 16.4 Å². The first-order valence-corrected chi connectivity index (χ1v) is 20.8. The van der Waals surface area contributed by atoms with E-state index in [9.17, 15) is 29.4 Å². The third kappa shape index (κ3) is 7.43. The summed E-state index contributed by atoms with van der Waals surface area (Å²) in [7, 11) is 0. The number of aliphatic hydroxyl groups excluding tert-OH is 2. The standard InChI is InChI=1S/C39H57N7O7S/c1-6-7-16-53-37(52)43-30(19-41-45-40)42-34(50)33-22(3)20-54-36-32(35(51)46(33)36)44-31(49)13-8-21(2)26-11-12-27-25-10-9-23-17-24(47)14-15-38(23,4)28(25)18-29(48)39(26,27)5/h1,21,23-30,32,36,47-48H,7-20H2,2-5H3,(H,42,50)(H,43,52)(H,44,49)/t21-,23-,24-,25+,26-,27+,28+,29?,30?,32?,36?,38+,39-/m1/s1. The average Bonchev–Trinajstić information content (AvgIpc) is 3.51. The number of carbonyl (C=O) groups excluding carboxylic acids is 4. The lowest BCUT2D eigenvalue weighted by atomic mass is 9.43. The normalized spacial score (nSPS) is 37.8. The van der Waals surface area contributed by atoms with Crippen LogP contribution in [0.1, 0.15) is 98.3 Å². The fourth-order valence-electron chi connectivity index (χ4n) is 11.6. The summed E-state index contributed by atoms with van der Waals surface area (Å²) in [5.74, 6) is 4.15. The molecule has 0 radical (unpaired) electrons. The summed E-state index contributed by atoms with van der Waals surface area (Å²) in [5, 5.41) is 33.3. The number of alkyl carbamates (subject to hydrolysis) is 1. The molecule has 0 spiro atoms. The smallest absolute Gasteiger partial charge is 0.408 e. The minimum absolute atomic E-state index is 0.0280. The summed E-state index contributed by atoms with van der Waals surface area (Å²) in [6.07, 6.45) is 11.9. The van der Waals surface area contributed by atoms with Crippen LogP contribution in [-0.2, 0) is 19.1 Å². The molecule has 6 rings (SSSR count). The summed E-state index contributed by atoms with van der Waals surface area (Å²) in [5.41, 5.74) is 9.58. The van der Waals surface area contributed by atoms with E-state index in [4.69, 9.17) is 16.7 Å². The molecule has 0 aromatic rings. The Bertz CT molecular complexity index is 1610. The number of azide groups is 1. The molecule has 4 amide bonds. The molecule has 2 aliphatic heterocycles. The molecule has 1 saturated heterocycles. The van der Waals surface area contributed by atoms with Gasteiger partial charge in [-0.1, -0.05) is 25.9 Å². The Labute approximate surface area is 322 Å². The Morgan fingerprint density at radius 1 is 1.15 bits per heavy atom. The Kier molecular flexibility index (Phi) is 12.2. The van der Waals surface area contributed by atoms with Crippen molar-refractivity contribution in [3.63, 3.8) is 0 Å². The zero-order chi connectivity index (χ0) is 38.9. The van der Waals surface area contributed by atoms with E-state index in [1.807, 2.05) is 0 Å². The van der Waals surface area contributed by atoms with Gasteiger partial charge in [-0.15, -0.1) is 24.1 Å². The number of rotatable bonds is 12. The zero-order valence-electron chi connectivity index (χ0n) is 32.0. The van der Waals surface area contributed by atoms with Crippen LogP contribution in [0.4, 0.5) is 4.79 Å². The molecule has 13 atom stereocenters. The zero-order valence-corrected chi connectivity index (χ0v) is 32.8. The molecule has 4 aliphatic carbocycles. The van der Waals surface area contributed by atoms with Crippen molar-refractivity contribution in [3.8, 4) is 12.3 Å². The Hall–Kier alpha value is -3.44. The quantitative estimate of drug-likeness (QED) is 0.0361. The van der Waals surface area contributed by atoms with Gasteiger partial charge in [0, 0.05) is 23.5 Å². The lowest BCUT2D eigenvalue weighted by molar-refractivity contribution is -0.175. The van der Waals surface area contributed by atoms with Gasteiger partial charge in [0.25, 0.3) is 11.8 Å². The summed E-state index contributed by atoms with van der Waals surface area (Å²) in [6.45, 7) is 8.36. The monoisotopic (exact) mass is 767 g/mol. The topological polar surface area (TPSA) is 206 Å². The van der Waals surface area contributed by atoms with E-state index < -0.39 is 41.6 Å². The van der Waals surface area contributed by atoms with Crippen molar-refractivity contribution < 1.29 is 34.1 Å². The highest BCUT2D eigenvalue weighted by molar-refractivity contribution is 8.00. The molecule has 6 aliphatic rings. The lowest BCUT2D eigenvalue weighted by Gasteiger charge is -2.62. The van der Waals surface area contributed by atoms with E-state index in [1.54, 1.807) is 6.92 Å². The predicted molar refractivity (Wildman–Crippen MR) is 203 cm³/mol. The summed E-state index contributed by atoms with van der Waals surface area (Å²) < 4.78 is 4.98. The van der Waals surface area contributed by atoms with Crippen LogP contribution in [0.2, 0.25) is 0 Å². The second-order valence-electron chi connectivity index (χ2n) is 17.2. The van der Waals surface area contributed by atoms with Gasteiger partial charge in [-0.2, -0.15) is 0 Å². The van der Waals surface area contributed by atoms with E-state index >= 15 is 0 Å². The number of thioether (sulfide) groups is 1. The molecule has 296 valence electrons. The molecule has 5 N–H and O–H groups in total. The summed E-state index contributed by atoms with van der Waals surface area (Å²) >= 11 is 1.46. The van der Waals surface area contributed by atoms with Gasteiger partial charge in [0.05, 0.1) is 18.8 Å². The van der Waals surface area contributed by atoms with Crippen molar-refractivity contribution in [1.82, 2.24) is 20.9 Å². The fourth-order valence-corrected chi connectivity index (χ4v) is 12.9. The Morgan fingerprint density at radius 2 is 1.93 bits per heavy atom. The number of carbonyl (C=O) groups is 4. The van der Waals surface area contributed by atoms with Crippen LogP contribution in [0.3, 0.4) is 0 Å². The molecular weight excluding hydrogens is 711 g/mol. The third-order valence-corrected chi connectivity index (χ3v) is 15.8. The van der Waals surface area contributed by atoms with Crippen molar-refractivity contribution in [2.45, 2.75) is 128 Å². The van der Waals surface area contributed by atoms with Gasteiger partial charge in [0.1, 0.15) is 29.9 Å². The highest BCUT2D eigenvalue weighted by Crippen LogP contribution is 2.68. The molecular formula is C39H57N7O7S. The SMILES string of the molecule is C#CCCOC(=O)NC(CN=[N+]=[N-])NC(=O)C1=C(C)CSC2C(NC(=O)CC[C@@H](C)[C@H]3CC[C@H]4[C@@H]5CC[C@@H]6C[C@H](O)CC[C@]6(C)[C@H]5CC(O)[C@]34C)C(=O)N12.